The number of ether oxygens (including phenoxy) is 3. The molecule has 3 aliphatic rings. The zero-order valence-corrected chi connectivity index (χ0v) is 19.7. The van der Waals surface area contributed by atoms with Crippen LogP contribution in [-0.2, 0) is 19.0 Å². The second-order valence-electron chi connectivity index (χ2n) is 9.38. The van der Waals surface area contributed by atoms with E-state index >= 15 is 0 Å². The van der Waals surface area contributed by atoms with Gasteiger partial charge in [0.05, 0.1) is 18.2 Å². The number of thioether (sulfide) groups is 1. The van der Waals surface area contributed by atoms with E-state index in [9.17, 15) is 15.0 Å². The molecule has 3 aliphatic heterocycles. The van der Waals surface area contributed by atoms with Crippen LogP contribution >= 0.6 is 11.8 Å². The van der Waals surface area contributed by atoms with Crippen molar-refractivity contribution >= 4 is 17.7 Å². The molecule has 0 aromatic rings. The van der Waals surface area contributed by atoms with Crippen LogP contribution in [0.5, 0.6) is 0 Å². The summed E-state index contributed by atoms with van der Waals surface area (Å²) in [6.07, 6.45) is 1.35. The molecule has 1 amide bonds. The molecule has 0 aromatic heterocycles. The van der Waals surface area contributed by atoms with E-state index in [-0.39, 0.29) is 11.9 Å². The molecule has 7 unspecified atom stereocenters. The Morgan fingerprint density at radius 3 is 2.60 bits per heavy atom. The highest BCUT2D eigenvalue weighted by Gasteiger charge is 2.57. The first kappa shape index (κ1) is 24.2. The summed E-state index contributed by atoms with van der Waals surface area (Å²) in [6.45, 7) is 8.29. The fourth-order valence-electron chi connectivity index (χ4n) is 5.05. The third-order valence-electron chi connectivity index (χ3n) is 6.44. The molecule has 3 heterocycles. The zero-order chi connectivity index (χ0) is 22.2. The number of nitrogens with zero attached hydrogens (tertiary/aromatic N) is 1. The fraction of sp³-hybridized carbons (Fsp3) is 0.952. The first-order valence-corrected chi connectivity index (χ1v) is 12.3. The molecule has 0 spiro atoms. The number of nitrogens with one attached hydrogen (secondary N) is 1. The number of aliphatic hydroxyl groups excluding tert-OH is 2. The van der Waals surface area contributed by atoms with Crippen molar-refractivity contribution in [3.63, 3.8) is 0 Å². The molecule has 174 valence electrons. The van der Waals surface area contributed by atoms with E-state index in [2.05, 4.69) is 17.1 Å². The van der Waals surface area contributed by atoms with Crippen molar-refractivity contribution < 1.29 is 29.2 Å². The Morgan fingerprint density at radius 1 is 1.33 bits per heavy atom. The average molecular weight is 447 g/mol. The van der Waals surface area contributed by atoms with E-state index in [0.717, 1.165) is 25.8 Å². The molecular formula is C21H38N2O6S. The van der Waals surface area contributed by atoms with E-state index in [0.29, 0.717) is 5.92 Å². The summed E-state index contributed by atoms with van der Waals surface area (Å²) >= 11 is 1.38. The summed E-state index contributed by atoms with van der Waals surface area (Å²) in [5, 5.41) is 24.3. The van der Waals surface area contributed by atoms with Crippen molar-refractivity contribution in [1.29, 1.82) is 0 Å². The highest BCUT2D eigenvalue weighted by Crippen LogP contribution is 2.41. The van der Waals surface area contributed by atoms with Gasteiger partial charge in [0.25, 0.3) is 0 Å². The number of carbonyl (C=O) groups excluding carboxylic acids is 1. The molecule has 3 N–H and O–H groups in total. The summed E-state index contributed by atoms with van der Waals surface area (Å²) in [5.41, 5.74) is -0.532. The lowest BCUT2D eigenvalue weighted by Crippen LogP contribution is -2.65. The smallest absolute Gasteiger partial charge is 0.237 e. The van der Waals surface area contributed by atoms with Gasteiger partial charge in [0, 0.05) is 6.54 Å². The Labute approximate surface area is 184 Å². The Kier molecular flexibility index (Phi) is 7.75. The molecule has 0 saturated carbocycles. The Balaban J connectivity index is 1.77. The highest BCUT2D eigenvalue weighted by atomic mass is 32.2. The number of likely N-dealkylation sites (tertiary alicyclic amines) is 1. The maximum Gasteiger partial charge on any atom is 0.237 e. The summed E-state index contributed by atoms with van der Waals surface area (Å²) in [4.78, 5) is 15.2. The SMILES string of the molecule is CCCC1CC(C(=O)N[C@@H](C2OC(SC)C(O)C3OC(C)(C)OC32)[C@@H](C)O)N(C)C1. The number of aliphatic hydroxyl groups is 2. The Bertz CT molecular complexity index is 606. The second-order valence-corrected chi connectivity index (χ2v) is 10.3. The number of hydrogen-bond acceptors (Lipinski definition) is 8. The van der Waals surface area contributed by atoms with E-state index < -0.39 is 47.8 Å². The van der Waals surface area contributed by atoms with Gasteiger partial charge in [-0.2, -0.15) is 0 Å². The molecule has 8 nitrogen and oxygen atoms in total. The van der Waals surface area contributed by atoms with Crippen LogP contribution in [0.1, 0.15) is 47.0 Å². The predicted octanol–water partition coefficient (Wildman–Crippen LogP) is 0.941. The van der Waals surface area contributed by atoms with E-state index in [1.807, 2.05) is 13.3 Å². The van der Waals surface area contributed by atoms with Gasteiger partial charge in [-0.05, 0) is 52.8 Å². The van der Waals surface area contributed by atoms with Crippen LogP contribution in [0.25, 0.3) is 0 Å². The van der Waals surface area contributed by atoms with Crippen molar-refractivity contribution in [3.05, 3.63) is 0 Å². The van der Waals surface area contributed by atoms with Crippen LogP contribution < -0.4 is 5.32 Å². The lowest BCUT2D eigenvalue weighted by molar-refractivity contribution is -0.177. The number of fused-ring (bicyclic) bond motifs is 1. The van der Waals surface area contributed by atoms with Crippen molar-refractivity contribution in [2.45, 2.75) is 101 Å². The third kappa shape index (κ3) is 4.98. The van der Waals surface area contributed by atoms with E-state index in [4.69, 9.17) is 14.2 Å². The molecule has 30 heavy (non-hydrogen) atoms. The van der Waals surface area contributed by atoms with Crippen LogP contribution in [0.4, 0.5) is 0 Å². The minimum atomic E-state index is -0.877. The number of amides is 1. The molecule has 0 bridgehead atoms. The normalized spacial score (nSPS) is 40.7. The molecule has 3 rings (SSSR count). The number of hydrogen-bond donors (Lipinski definition) is 3. The summed E-state index contributed by atoms with van der Waals surface area (Å²) in [7, 11) is 1.97. The van der Waals surface area contributed by atoms with Crippen LogP contribution in [0.15, 0.2) is 0 Å². The minimum absolute atomic E-state index is 0.104. The fourth-order valence-corrected chi connectivity index (χ4v) is 5.73. The lowest BCUT2D eigenvalue weighted by Gasteiger charge is -2.43. The number of carbonyl (C=O) groups is 1. The van der Waals surface area contributed by atoms with Crippen LogP contribution in [-0.4, -0.2) is 94.7 Å². The third-order valence-corrected chi connectivity index (χ3v) is 7.30. The molecule has 0 aromatic carbocycles. The second kappa shape index (κ2) is 9.60. The van der Waals surface area contributed by atoms with Gasteiger partial charge in [0.1, 0.15) is 29.9 Å². The summed E-state index contributed by atoms with van der Waals surface area (Å²) in [5.74, 6) is -0.469. The molecule has 9 atom stereocenters. The number of likely N-dealkylation sites (N-methyl/N-ethyl adjacent to an activating group) is 1. The van der Waals surface area contributed by atoms with Crippen molar-refractivity contribution in [2.24, 2.45) is 5.92 Å². The topological polar surface area (TPSA) is 100 Å². The van der Waals surface area contributed by atoms with Crippen molar-refractivity contribution in [2.75, 3.05) is 19.8 Å². The predicted molar refractivity (Wildman–Crippen MR) is 115 cm³/mol. The van der Waals surface area contributed by atoms with Crippen molar-refractivity contribution in [1.82, 2.24) is 10.2 Å². The van der Waals surface area contributed by atoms with E-state index in [1.54, 1.807) is 20.8 Å². The summed E-state index contributed by atoms with van der Waals surface area (Å²) < 4.78 is 18.1. The van der Waals surface area contributed by atoms with Gasteiger partial charge in [0.2, 0.25) is 5.91 Å². The quantitative estimate of drug-likeness (QED) is 0.531. The standard InChI is InChI=1S/C21H38N2O6S/c1-7-8-12-9-13(23(5)10-12)19(26)22-14(11(2)24)16-18-17(28-21(3,4)29-18)15(25)20(27-16)30-6/h11-18,20,24-25H,7-10H2,1-6H3,(H,22,26)/t11-,12?,13?,14-,15?,16?,17?,18?,20?/m1/s1. The van der Waals surface area contributed by atoms with Crippen molar-refractivity contribution in [3.8, 4) is 0 Å². The molecule has 0 radical (unpaired) electrons. The zero-order valence-electron chi connectivity index (χ0n) is 18.9. The molecular weight excluding hydrogens is 408 g/mol. The van der Waals surface area contributed by atoms with Crippen LogP contribution in [0.3, 0.4) is 0 Å². The minimum Gasteiger partial charge on any atom is -0.391 e. The molecule has 9 heteroatoms. The van der Waals surface area contributed by atoms with Gasteiger partial charge in [-0.25, -0.2) is 0 Å². The molecule has 0 aliphatic carbocycles. The van der Waals surface area contributed by atoms with Gasteiger partial charge in [0.15, 0.2) is 5.79 Å². The van der Waals surface area contributed by atoms with Gasteiger partial charge in [-0.3, -0.25) is 9.69 Å². The van der Waals surface area contributed by atoms with E-state index in [1.165, 1.54) is 11.8 Å². The van der Waals surface area contributed by atoms with Crippen LogP contribution in [0.2, 0.25) is 0 Å². The first-order valence-electron chi connectivity index (χ1n) is 11.0. The highest BCUT2D eigenvalue weighted by molar-refractivity contribution is 7.99. The summed E-state index contributed by atoms with van der Waals surface area (Å²) in [6, 6.07) is -0.899. The number of rotatable bonds is 7. The van der Waals surface area contributed by atoms with Gasteiger partial charge < -0.3 is 29.7 Å². The maximum absolute atomic E-state index is 13.2. The Hall–Kier alpha value is -0.420. The van der Waals surface area contributed by atoms with Gasteiger partial charge in [-0.1, -0.05) is 13.3 Å². The van der Waals surface area contributed by atoms with Gasteiger partial charge >= 0.3 is 0 Å². The van der Waals surface area contributed by atoms with Crippen LogP contribution in [0, 0.1) is 5.92 Å². The molecule has 3 fully saturated rings. The monoisotopic (exact) mass is 446 g/mol. The Morgan fingerprint density at radius 2 is 2.00 bits per heavy atom. The molecule has 3 saturated heterocycles. The largest absolute Gasteiger partial charge is 0.391 e. The average Bonchev–Trinajstić information content (AvgIpc) is 3.19. The maximum atomic E-state index is 13.2. The van der Waals surface area contributed by atoms with Gasteiger partial charge in [-0.15, -0.1) is 11.8 Å². The lowest BCUT2D eigenvalue weighted by atomic mass is 9.92. The first-order chi connectivity index (χ1) is 14.1.